The van der Waals surface area contributed by atoms with E-state index in [1.807, 2.05) is 0 Å². The Bertz CT molecular complexity index is 422. The molecule has 2 saturated carbocycles. The maximum atomic E-state index is 6.83. The second-order valence-electron chi connectivity index (χ2n) is 7.43. The SMILES string of the molecule is CC1=CC=C(C)C2C(C[BH-](Cl)C3CCCC3)CCC12.[CH3-].[CH3-].[Cl-].[Cl][Zr+2][Cl]. The molecule has 25 heavy (non-hydrogen) atoms. The molecule has 0 aromatic rings. The van der Waals surface area contributed by atoms with Crippen molar-refractivity contribution >= 4 is 34.6 Å². The van der Waals surface area contributed by atoms with Crippen LogP contribution < -0.4 is 12.4 Å². The Kier molecular flexibility index (Phi) is 16.8. The fourth-order valence-corrected chi connectivity index (χ4v) is 5.73. The van der Waals surface area contributed by atoms with E-state index in [-0.39, 0.29) is 27.3 Å². The van der Waals surface area contributed by atoms with Crippen LogP contribution in [-0.4, -0.2) is 6.13 Å². The van der Waals surface area contributed by atoms with E-state index in [4.69, 9.17) is 28.5 Å². The van der Waals surface area contributed by atoms with Gasteiger partial charge in [-0.3, -0.25) is 0 Å². The molecule has 0 spiro atoms. The third-order valence-electron chi connectivity index (χ3n) is 6.26. The Morgan fingerprint density at radius 1 is 1.00 bits per heavy atom. The van der Waals surface area contributed by atoms with Crippen LogP contribution in [0, 0.1) is 32.6 Å². The van der Waals surface area contributed by atoms with Crippen LogP contribution in [0.2, 0.25) is 12.1 Å². The van der Waals surface area contributed by atoms with Gasteiger partial charge in [0, 0.05) is 0 Å². The molecule has 4 atom stereocenters. The number of allylic oxidation sites excluding steroid dienone is 4. The van der Waals surface area contributed by atoms with Crippen LogP contribution >= 0.6 is 28.5 Å². The number of hydrogen-bond acceptors (Lipinski definition) is 0. The zero-order valence-electron chi connectivity index (χ0n) is 16.1. The Balaban J connectivity index is 0. The maximum absolute atomic E-state index is 6.83. The molecule has 0 radical (unpaired) electrons. The average Bonchev–Trinajstić information content (AvgIpc) is 3.14. The third-order valence-corrected chi connectivity index (χ3v) is 6.91. The van der Waals surface area contributed by atoms with Crippen LogP contribution in [0.15, 0.2) is 23.3 Å². The zero-order valence-corrected chi connectivity index (χ0v) is 21.6. The molecule has 4 unspecified atom stereocenters. The van der Waals surface area contributed by atoms with Crippen molar-refractivity contribution in [1.29, 1.82) is 0 Å². The van der Waals surface area contributed by atoms with Crippen molar-refractivity contribution in [3.8, 4) is 0 Å². The van der Waals surface area contributed by atoms with Crippen molar-refractivity contribution in [2.45, 2.75) is 64.5 Å². The van der Waals surface area contributed by atoms with Gasteiger partial charge in [-0.2, -0.15) is 12.1 Å². The summed E-state index contributed by atoms with van der Waals surface area (Å²) in [5.41, 5.74) is 3.23. The monoisotopic (exact) mass is 502 g/mol. The Labute approximate surface area is 187 Å². The van der Waals surface area contributed by atoms with Gasteiger partial charge < -0.3 is 38.7 Å². The first-order chi connectivity index (χ1) is 10.6. The summed E-state index contributed by atoms with van der Waals surface area (Å²) in [5, 5.41) is 0. The van der Waals surface area contributed by atoms with E-state index in [2.05, 4.69) is 26.0 Å². The van der Waals surface area contributed by atoms with Gasteiger partial charge in [-0.25, -0.2) is 0 Å². The van der Waals surface area contributed by atoms with Gasteiger partial charge in [-0.05, 0) is 32.1 Å². The Morgan fingerprint density at radius 2 is 1.52 bits per heavy atom. The second-order valence-corrected chi connectivity index (χ2v) is 11.9. The van der Waals surface area contributed by atoms with E-state index >= 15 is 0 Å². The molecule has 0 aromatic heterocycles. The molecule has 6 heteroatoms. The van der Waals surface area contributed by atoms with Crippen molar-refractivity contribution in [2.75, 3.05) is 0 Å². The van der Waals surface area contributed by atoms with Gasteiger partial charge >= 0.3 is 37.9 Å². The van der Waals surface area contributed by atoms with Crippen LogP contribution in [0.4, 0.5) is 0 Å². The molecule has 3 rings (SSSR count). The van der Waals surface area contributed by atoms with Crippen molar-refractivity contribution in [3.05, 3.63) is 38.2 Å². The van der Waals surface area contributed by atoms with E-state index in [0.29, 0.717) is 0 Å². The molecule has 0 heterocycles. The molecule has 3 aliphatic rings. The van der Waals surface area contributed by atoms with Crippen molar-refractivity contribution in [2.24, 2.45) is 17.8 Å². The fraction of sp³-hybridized carbons (Fsp3) is 0.684. The standard InChI is InChI=1S/C17H27BCl.2CH3.3ClH.Zr/c1-12-7-8-13(2)17-14(9-10-16(12)17)11-18(19)15-5-3-4-6-15;;;;;;/h7-8,14-18H,3-6,9-11H2,1-2H3;2*1H3;3*1H;/q3*-1;;;;+4/p-3. The van der Waals surface area contributed by atoms with Gasteiger partial charge in [0.15, 0.2) is 0 Å². The molecule has 146 valence electrons. The molecular formula is C19H33BCl4Zr-2. The first-order valence-electron chi connectivity index (χ1n) is 8.75. The summed E-state index contributed by atoms with van der Waals surface area (Å²) in [4.78, 5) is 0. The molecule has 3 aliphatic carbocycles. The molecule has 0 saturated heterocycles. The normalized spacial score (nSPS) is 28.4. The molecule has 0 nitrogen and oxygen atoms in total. The summed E-state index contributed by atoms with van der Waals surface area (Å²) in [6, 6.07) is 0. The van der Waals surface area contributed by atoms with Gasteiger partial charge in [0.05, 0.1) is 6.13 Å². The van der Waals surface area contributed by atoms with Crippen LogP contribution in [0.5, 0.6) is 0 Å². The van der Waals surface area contributed by atoms with E-state index in [1.165, 1.54) is 44.8 Å². The summed E-state index contributed by atoms with van der Waals surface area (Å²) in [6.45, 7) is 4.66. The topological polar surface area (TPSA) is 0 Å². The van der Waals surface area contributed by atoms with Gasteiger partial charge in [0.2, 0.25) is 0 Å². The Morgan fingerprint density at radius 3 is 2.08 bits per heavy atom. The molecule has 0 aromatic carbocycles. The van der Waals surface area contributed by atoms with E-state index in [0.717, 1.165) is 23.6 Å². The summed E-state index contributed by atoms with van der Waals surface area (Å²) in [6.07, 6.45) is 14.1. The number of rotatable bonds is 3. The first kappa shape index (κ1) is 28.8. The number of halogens is 4. The van der Waals surface area contributed by atoms with Gasteiger partial charge in [0.1, 0.15) is 0 Å². The molecule has 0 aliphatic heterocycles. The van der Waals surface area contributed by atoms with Gasteiger partial charge in [0.25, 0.3) is 0 Å². The van der Waals surface area contributed by atoms with Crippen LogP contribution in [0.3, 0.4) is 0 Å². The molecule has 2 fully saturated rings. The van der Waals surface area contributed by atoms with Crippen molar-refractivity contribution < 1.29 is 33.3 Å². The summed E-state index contributed by atoms with van der Waals surface area (Å²) in [5.74, 6) is 3.43. The predicted molar refractivity (Wildman–Crippen MR) is 112 cm³/mol. The minimum atomic E-state index is -0.826. The number of fused-ring (bicyclic) bond motifs is 1. The molecule has 0 N–H and O–H groups in total. The Hall–Kier alpha value is 1.59. The second kappa shape index (κ2) is 14.6. The van der Waals surface area contributed by atoms with E-state index < -0.39 is 27.0 Å². The fourth-order valence-electron chi connectivity index (χ4n) is 5.15. The average molecular weight is 505 g/mol. The number of hydrogen-bond donors (Lipinski definition) is 0. The quantitative estimate of drug-likeness (QED) is 0.385. The van der Waals surface area contributed by atoms with E-state index in [1.54, 1.807) is 11.1 Å². The van der Waals surface area contributed by atoms with Crippen molar-refractivity contribution in [3.63, 3.8) is 0 Å². The van der Waals surface area contributed by atoms with Crippen LogP contribution in [0.1, 0.15) is 52.4 Å². The third kappa shape index (κ3) is 7.85. The predicted octanol–water partition coefficient (Wildman–Crippen LogP) is 4.72. The summed E-state index contributed by atoms with van der Waals surface area (Å²) >= 11 is 6.01. The zero-order chi connectivity index (χ0) is 16.1. The van der Waals surface area contributed by atoms with E-state index in [9.17, 15) is 0 Å². The van der Waals surface area contributed by atoms with Crippen molar-refractivity contribution in [1.82, 2.24) is 0 Å². The molecule has 0 amide bonds. The minimum absolute atomic E-state index is 0. The summed E-state index contributed by atoms with van der Waals surface area (Å²) in [7, 11) is 9.87. The van der Waals surface area contributed by atoms with Crippen LogP contribution in [-0.2, 0) is 20.8 Å². The van der Waals surface area contributed by atoms with Gasteiger partial charge in [-0.1, -0.05) is 61.3 Å². The first-order valence-corrected chi connectivity index (χ1v) is 15.6. The van der Waals surface area contributed by atoms with Gasteiger partial charge in [-0.15, -0.1) is 0 Å². The van der Waals surface area contributed by atoms with Crippen LogP contribution in [0.25, 0.3) is 0 Å². The molecular weight excluding hydrogens is 472 g/mol. The molecule has 0 bridgehead atoms. The summed E-state index contributed by atoms with van der Waals surface area (Å²) < 4.78 is 0.